The van der Waals surface area contributed by atoms with E-state index >= 15 is 0 Å². The largest absolute Gasteiger partial charge is 0.378 e. The average Bonchev–Trinajstić information content (AvgIpc) is 3.04. The van der Waals surface area contributed by atoms with Crippen molar-refractivity contribution in [2.24, 2.45) is 5.92 Å². The summed E-state index contributed by atoms with van der Waals surface area (Å²) >= 11 is 6.39. The summed E-state index contributed by atoms with van der Waals surface area (Å²) in [5.74, 6) is 0.511. The van der Waals surface area contributed by atoms with Gasteiger partial charge in [-0.25, -0.2) is 0 Å². The van der Waals surface area contributed by atoms with E-state index in [1.165, 1.54) is 0 Å². The molecular formula is C18H15ClN2O2. The van der Waals surface area contributed by atoms with Crippen LogP contribution in [0.4, 0.5) is 11.4 Å². The summed E-state index contributed by atoms with van der Waals surface area (Å²) in [6.07, 6.45) is 5.27. The zero-order chi connectivity index (χ0) is 16.0. The molecule has 0 spiro atoms. The fourth-order valence-corrected chi connectivity index (χ4v) is 3.98. The Hall–Kier alpha value is -2.33. The lowest BCUT2D eigenvalue weighted by Crippen LogP contribution is -2.29. The molecule has 4 nitrogen and oxygen atoms in total. The van der Waals surface area contributed by atoms with Crippen molar-refractivity contribution in [2.45, 2.75) is 18.4 Å². The third kappa shape index (κ3) is 2.30. The van der Waals surface area contributed by atoms with E-state index in [9.17, 15) is 10.1 Å². The summed E-state index contributed by atoms with van der Waals surface area (Å²) in [5.41, 5.74) is 3.17. The minimum Gasteiger partial charge on any atom is -0.378 e. The second-order valence-corrected chi connectivity index (χ2v) is 6.43. The molecule has 0 bridgehead atoms. The summed E-state index contributed by atoms with van der Waals surface area (Å²) < 4.78 is 0. The van der Waals surface area contributed by atoms with Crippen molar-refractivity contribution < 1.29 is 4.92 Å². The number of fused-ring (bicyclic) bond motifs is 3. The lowest BCUT2D eigenvalue weighted by Gasteiger charge is -2.37. The number of nitro groups is 1. The van der Waals surface area contributed by atoms with Crippen molar-refractivity contribution in [3.8, 4) is 0 Å². The van der Waals surface area contributed by atoms with Crippen LogP contribution in [0.15, 0.2) is 54.6 Å². The van der Waals surface area contributed by atoms with E-state index in [2.05, 4.69) is 17.5 Å². The van der Waals surface area contributed by atoms with Crippen molar-refractivity contribution in [1.82, 2.24) is 0 Å². The van der Waals surface area contributed by atoms with Crippen LogP contribution in [0.25, 0.3) is 0 Å². The Morgan fingerprint density at radius 1 is 1.17 bits per heavy atom. The number of hydrogen-bond acceptors (Lipinski definition) is 3. The molecule has 2 aromatic rings. The van der Waals surface area contributed by atoms with Crippen molar-refractivity contribution in [2.75, 3.05) is 5.32 Å². The maximum absolute atomic E-state index is 11.1. The lowest BCUT2D eigenvalue weighted by molar-refractivity contribution is -0.384. The molecule has 0 unspecified atom stereocenters. The highest BCUT2D eigenvalue weighted by Gasteiger charge is 2.39. The Labute approximate surface area is 138 Å². The highest BCUT2D eigenvalue weighted by molar-refractivity contribution is 6.31. The molecule has 0 radical (unpaired) electrons. The molecule has 1 heterocycles. The molecule has 3 atom stereocenters. The van der Waals surface area contributed by atoms with Crippen LogP contribution < -0.4 is 5.32 Å². The highest BCUT2D eigenvalue weighted by Crippen LogP contribution is 2.51. The van der Waals surface area contributed by atoms with Crippen molar-refractivity contribution in [3.63, 3.8) is 0 Å². The van der Waals surface area contributed by atoms with Crippen LogP contribution in [-0.2, 0) is 0 Å². The first-order valence-electron chi connectivity index (χ1n) is 7.61. The van der Waals surface area contributed by atoms with E-state index in [4.69, 9.17) is 11.6 Å². The number of nitrogens with one attached hydrogen (secondary N) is 1. The molecule has 1 N–H and O–H groups in total. The van der Waals surface area contributed by atoms with Gasteiger partial charge in [-0.2, -0.15) is 0 Å². The van der Waals surface area contributed by atoms with E-state index < -0.39 is 0 Å². The number of allylic oxidation sites excluding steroid dienone is 2. The fourth-order valence-electron chi connectivity index (χ4n) is 3.73. The third-order valence-corrected chi connectivity index (χ3v) is 5.14. The number of halogens is 1. The standard InChI is InChI=1S/C18H15ClN2O2/c19-16-7-2-1-4-14(16)18-13-6-3-5-12(13)15-10-11(21(22)23)8-9-17(15)20-18/h1-5,7-10,12-13,18,20H,6H2/t12-,13-,18+/m0/s1. The van der Waals surface area contributed by atoms with E-state index in [0.717, 1.165) is 28.3 Å². The quantitative estimate of drug-likeness (QED) is 0.476. The predicted molar refractivity (Wildman–Crippen MR) is 90.9 cm³/mol. The van der Waals surface area contributed by atoms with Crippen molar-refractivity contribution >= 4 is 23.0 Å². The Bertz CT molecular complexity index is 818. The normalized spacial score (nSPS) is 24.7. The summed E-state index contributed by atoms with van der Waals surface area (Å²) in [7, 11) is 0. The van der Waals surface area contributed by atoms with Gasteiger partial charge in [0.05, 0.1) is 11.0 Å². The molecule has 4 rings (SSSR count). The van der Waals surface area contributed by atoms with E-state index in [0.29, 0.717) is 5.92 Å². The Morgan fingerprint density at radius 3 is 2.78 bits per heavy atom. The molecule has 0 aromatic heterocycles. The molecule has 0 saturated heterocycles. The molecule has 5 heteroatoms. The molecule has 1 aliphatic carbocycles. The van der Waals surface area contributed by atoms with Crippen molar-refractivity contribution in [3.05, 3.63) is 80.9 Å². The van der Waals surface area contributed by atoms with Gasteiger partial charge in [0.15, 0.2) is 0 Å². The van der Waals surface area contributed by atoms with Crippen LogP contribution in [0.2, 0.25) is 5.02 Å². The van der Waals surface area contributed by atoms with Crippen LogP contribution in [0.5, 0.6) is 0 Å². The van der Waals surface area contributed by atoms with Gasteiger partial charge in [-0.15, -0.1) is 0 Å². The van der Waals surface area contributed by atoms with Gasteiger partial charge in [-0.05, 0) is 35.6 Å². The van der Waals surface area contributed by atoms with Crippen LogP contribution in [0, 0.1) is 16.0 Å². The van der Waals surface area contributed by atoms with Gasteiger partial charge in [-0.1, -0.05) is 42.0 Å². The topological polar surface area (TPSA) is 55.2 Å². The molecule has 1 aliphatic heterocycles. The molecule has 2 aromatic carbocycles. The maximum Gasteiger partial charge on any atom is 0.269 e. The lowest BCUT2D eigenvalue weighted by atomic mass is 9.77. The van der Waals surface area contributed by atoms with Crippen LogP contribution in [0.1, 0.15) is 29.5 Å². The number of nitro benzene ring substituents is 1. The molecule has 0 amide bonds. The van der Waals surface area contributed by atoms with Crippen LogP contribution >= 0.6 is 11.6 Å². The monoisotopic (exact) mass is 326 g/mol. The average molecular weight is 327 g/mol. The summed E-state index contributed by atoms with van der Waals surface area (Å²) in [4.78, 5) is 10.7. The summed E-state index contributed by atoms with van der Waals surface area (Å²) in [6.45, 7) is 0. The first-order chi connectivity index (χ1) is 11.1. The molecular weight excluding hydrogens is 312 g/mol. The zero-order valence-electron chi connectivity index (χ0n) is 12.3. The van der Waals surface area contributed by atoms with Crippen LogP contribution in [0.3, 0.4) is 0 Å². The van der Waals surface area contributed by atoms with E-state index in [-0.39, 0.29) is 22.6 Å². The molecule has 0 saturated carbocycles. The Morgan fingerprint density at radius 2 is 2.00 bits per heavy atom. The number of anilines is 1. The molecule has 23 heavy (non-hydrogen) atoms. The van der Waals surface area contributed by atoms with Gasteiger partial charge in [0, 0.05) is 28.8 Å². The third-order valence-electron chi connectivity index (χ3n) is 4.80. The predicted octanol–water partition coefficient (Wildman–Crippen LogP) is 5.07. The van der Waals surface area contributed by atoms with Gasteiger partial charge in [0.1, 0.15) is 0 Å². The SMILES string of the molecule is O=[N+]([O-])c1ccc2c(c1)[C@H]1C=CC[C@@H]1[C@H](c1ccccc1Cl)N2. The van der Waals surface area contributed by atoms with Gasteiger partial charge in [0.2, 0.25) is 0 Å². The first kappa shape index (κ1) is 14.3. The van der Waals surface area contributed by atoms with Gasteiger partial charge in [-0.3, -0.25) is 10.1 Å². The maximum atomic E-state index is 11.1. The number of nitrogens with zero attached hydrogens (tertiary/aromatic N) is 1. The van der Waals surface area contributed by atoms with E-state index in [1.54, 1.807) is 18.2 Å². The summed E-state index contributed by atoms with van der Waals surface area (Å²) in [5, 5.41) is 15.4. The highest BCUT2D eigenvalue weighted by atomic mass is 35.5. The molecule has 0 fully saturated rings. The zero-order valence-corrected chi connectivity index (χ0v) is 13.0. The Balaban J connectivity index is 1.81. The molecule has 116 valence electrons. The second kappa shape index (κ2) is 5.39. The number of benzene rings is 2. The second-order valence-electron chi connectivity index (χ2n) is 6.03. The van der Waals surface area contributed by atoms with Gasteiger partial charge < -0.3 is 5.32 Å². The first-order valence-corrected chi connectivity index (χ1v) is 7.99. The molecule has 2 aliphatic rings. The van der Waals surface area contributed by atoms with Gasteiger partial charge in [0.25, 0.3) is 5.69 Å². The van der Waals surface area contributed by atoms with Crippen molar-refractivity contribution in [1.29, 1.82) is 0 Å². The van der Waals surface area contributed by atoms with Gasteiger partial charge >= 0.3 is 0 Å². The Kier molecular flexibility index (Phi) is 3.34. The smallest absolute Gasteiger partial charge is 0.269 e. The minimum absolute atomic E-state index is 0.109. The number of hydrogen-bond donors (Lipinski definition) is 1. The minimum atomic E-state index is -0.339. The fraction of sp³-hybridized carbons (Fsp3) is 0.222. The number of rotatable bonds is 2. The summed E-state index contributed by atoms with van der Waals surface area (Å²) in [6, 6.07) is 13.0. The number of non-ortho nitro benzene ring substituents is 1. The van der Waals surface area contributed by atoms with E-state index in [1.807, 2.05) is 24.3 Å². The van der Waals surface area contributed by atoms with Crippen LogP contribution in [-0.4, -0.2) is 4.92 Å².